The molecule has 0 spiro atoms. The highest BCUT2D eigenvalue weighted by atomic mass is 16.5. The van der Waals surface area contributed by atoms with Gasteiger partial charge in [0.25, 0.3) is 0 Å². The van der Waals surface area contributed by atoms with Crippen LogP contribution in [0.1, 0.15) is 49.4 Å². The van der Waals surface area contributed by atoms with E-state index in [1.807, 2.05) is 4.90 Å². The van der Waals surface area contributed by atoms with Crippen LogP contribution in [-0.2, 0) is 17.6 Å². The SMILES string of the molecule is COc1cccc2c1C(=O)c1c(O)c3c(c(O)c1C2=O)CC(C(=O)N1CCNCC1)CC3. The summed E-state index contributed by atoms with van der Waals surface area (Å²) in [7, 11) is 1.41. The first-order chi connectivity index (χ1) is 15.4. The number of phenols is 2. The summed E-state index contributed by atoms with van der Waals surface area (Å²) in [5, 5.41) is 25.4. The summed E-state index contributed by atoms with van der Waals surface area (Å²) < 4.78 is 5.26. The lowest BCUT2D eigenvalue weighted by Crippen LogP contribution is -2.49. The summed E-state index contributed by atoms with van der Waals surface area (Å²) >= 11 is 0. The number of piperazine rings is 1. The van der Waals surface area contributed by atoms with E-state index in [0.717, 1.165) is 13.1 Å². The Hall–Kier alpha value is -3.39. The zero-order chi connectivity index (χ0) is 22.6. The number of fused-ring (bicyclic) bond motifs is 3. The topological polar surface area (TPSA) is 116 Å². The number of benzene rings is 2. The number of rotatable bonds is 2. The Bertz CT molecular complexity index is 1170. The third-order valence-electron chi connectivity index (χ3n) is 6.80. The summed E-state index contributed by atoms with van der Waals surface area (Å²) in [6.07, 6.45) is 1.06. The number of hydrogen-bond acceptors (Lipinski definition) is 7. The molecule has 166 valence electrons. The Morgan fingerprint density at radius 2 is 1.72 bits per heavy atom. The largest absolute Gasteiger partial charge is 0.507 e. The van der Waals surface area contributed by atoms with E-state index >= 15 is 0 Å². The summed E-state index contributed by atoms with van der Waals surface area (Å²) in [6.45, 7) is 2.76. The lowest BCUT2D eigenvalue weighted by Gasteiger charge is -2.34. The van der Waals surface area contributed by atoms with Gasteiger partial charge in [-0.3, -0.25) is 14.4 Å². The Morgan fingerprint density at radius 3 is 2.44 bits per heavy atom. The molecule has 1 atom stereocenters. The Balaban J connectivity index is 1.58. The third-order valence-corrected chi connectivity index (χ3v) is 6.80. The average Bonchev–Trinajstić information content (AvgIpc) is 2.84. The van der Waals surface area contributed by atoms with E-state index in [1.165, 1.54) is 13.2 Å². The maximum atomic E-state index is 13.3. The number of methoxy groups -OCH3 is 1. The Kier molecular flexibility index (Phi) is 4.89. The first-order valence-electron chi connectivity index (χ1n) is 10.8. The van der Waals surface area contributed by atoms with Crippen LogP contribution in [0.25, 0.3) is 0 Å². The lowest BCUT2D eigenvalue weighted by molar-refractivity contribution is -0.136. The van der Waals surface area contributed by atoms with E-state index < -0.39 is 11.6 Å². The highest BCUT2D eigenvalue weighted by Gasteiger charge is 2.41. The molecule has 8 heteroatoms. The highest BCUT2D eigenvalue weighted by molar-refractivity contribution is 6.31. The van der Waals surface area contributed by atoms with E-state index in [4.69, 9.17) is 4.74 Å². The van der Waals surface area contributed by atoms with Crippen molar-refractivity contribution in [1.82, 2.24) is 10.2 Å². The molecule has 3 N–H and O–H groups in total. The minimum absolute atomic E-state index is 0.0197. The summed E-state index contributed by atoms with van der Waals surface area (Å²) in [6, 6.07) is 4.69. The molecule has 1 fully saturated rings. The number of amides is 1. The molecule has 0 bridgehead atoms. The van der Waals surface area contributed by atoms with Crippen molar-refractivity contribution in [2.24, 2.45) is 5.92 Å². The molecule has 3 aliphatic rings. The first-order valence-corrected chi connectivity index (χ1v) is 10.8. The number of carbonyl (C=O) groups excluding carboxylic acids is 3. The lowest BCUT2D eigenvalue weighted by atomic mass is 9.75. The average molecular weight is 436 g/mol. The number of nitrogens with zero attached hydrogens (tertiary/aromatic N) is 1. The second-order valence-corrected chi connectivity index (χ2v) is 8.46. The fourth-order valence-electron chi connectivity index (χ4n) is 5.16. The molecule has 0 saturated carbocycles. The minimum Gasteiger partial charge on any atom is -0.507 e. The van der Waals surface area contributed by atoms with E-state index in [0.29, 0.717) is 37.1 Å². The van der Waals surface area contributed by atoms with E-state index in [9.17, 15) is 24.6 Å². The fourth-order valence-corrected chi connectivity index (χ4v) is 5.16. The van der Waals surface area contributed by atoms with Crippen LogP contribution in [0.3, 0.4) is 0 Å². The fraction of sp³-hybridized carbons (Fsp3) is 0.375. The van der Waals surface area contributed by atoms with Gasteiger partial charge in [0.15, 0.2) is 5.78 Å². The van der Waals surface area contributed by atoms with Crippen LogP contribution in [0, 0.1) is 5.92 Å². The van der Waals surface area contributed by atoms with Crippen molar-refractivity contribution in [3.63, 3.8) is 0 Å². The summed E-state index contributed by atoms with van der Waals surface area (Å²) in [5.74, 6) is -1.77. The van der Waals surface area contributed by atoms with Gasteiger partial charge in [-0.15, -0.1) is 0 Å². The molecule has 1 saturated heterocycles. The van der Waals surface area contributed by atoms with Crippen molar-refractivity contribution in [3.8, 4) is 17.2 Å². The molecular formula is C24H24N2O6. The number of carbonyl (C=O) groups is 3. The summed E-state index contributed by atoms with van der Waals surface area (Å²) in [4.78, 5) is 41.4. The number of ether oxygens (including phenoxy) is 1. The van der Waals surface area contributed by atoms with Gasteiger partial charge in [-0.25, -0.2) is 0 Å². The van der Waals surface area contributed by atoms with Crippen LogP contribution in [0.5, 0.6) is 17.2 Å². The van der Waals surface area contributed by atoms with Gasteiger partial charge in [-0.1, -0.05) is 12.1 Å². The van der Waals surface area contributed by atoms with Crippen LogP contribution in [0.15, 0.2) is 18.2 Å². The Labute approximate surface area is 184 Å². The second-order valence-electron chi connectivity index (χ2n) is 8.46. The molecular weight excluding hydrogens is 412 g/mol. The highest BCUT2D eigenvalue weighted by Crippen LogP contribution is 2.47. The molecule has 1 amide bonds. The second kappa shape index (κ2) is 7.63. The van der Waals surface area contributed by atoms with E-state index in [-0.39, 0.29) is 57.7 Å². The molecule has 5 rings (SSSR count). The predicted molar refractivity (Wildman–Crippen MR) is 115 cm³/mol. The molecule has 0 aromatic heterocycles. The van der Waals surface area contributed by atoms with Gasteiger partial charge in [0.1, 0.15) is 17.2 Å². The predicted octanol–water partition coefficient (Wildman–Crippen LogP) is 1.42. The van der Waals surface area contributed by atoms with E-state index in [2.05, 4.69) is 5.32 Å². The maximum Gasteiger partial charge on any atom is 0.226 e. The number of ketones is 2. The van der Waals surface area contributed by atoms with Crippen LogP contribution >= 0.6 is 0 Å². The molecule has 32 heavy (non-hydrogen) atoms. The quantitative estimate of drug-likeness (QED) is 0.520. The van der Waals surface area contributed by atoms with Crippen LogP contribution in [0.2, 0.25) is 0 Å². The maximum absolute atomic E-state index is 13.3. The first kappa shape index (κ1) is 20.5. The zero-order valence-corrected chi connectivity index (χ0v) is 17.7. The number of nitrogens with one attached hydrogen (secondary N) is 1. The van der Waals surface area contributed by atoms with Gasteiger partial charge >= 0.3 is 0 Å². The molecule has 2 aliphatic carbocycles. The summed E-state index contributed by atoms with van der Waals surface area (Å²) in [5.41, 5.74) is 0.654. The number of aromatic hydroxyl groups is 2. The van der Waals surface area contributed by atoms with Crippen molar-refractivity contribution in [2.75, 3.05) is 33.3 Å². The van der Waals surface area contributed by atoms with Gasteiger partial charge in [-0.05, 0) is 25.3 Å². The van der Waals surface area contributed by atoms with Crippen LogP contribution in [-0.4, -0.2) is 65.9 Å². The normalized spacial score (nSPS) is 19.8. The van der Waals surface area contributed by atoms with Crippen molar-refractivity contribution in [2.45, 2.75) is 19.3 Å². The Morgan fingerprint density at radius 1 is 1.03 bits per heavy atom. The minimum atomic E-state index is -0.554. The van der Waals surface area contributed by atoms with Crippen LogP contribution < -0.4 is 10.1 Å². The molecule has 1 unspecified atom stereocenters. The van der Waals surface area contributed by atoms with Gasteiger partial charge < -0.3 is 25.2 Å². The van der Waals surface area contributed by atoms with Gasteiger partial charge in [-0.2, -0.15) is 0 Å². The molecule has 2 aromatic rings. The number of hydrogen-bond donors (Lipinski definition) is 3. The van der Waals surface area contributed by atoms with Crippen molar-refractivity contribution < 1.29 is 29.3 Å². The van der Waals surface area contributed by atoms with Gasteiger partial charge in [0.2, 0.25) is 11.7 Å². The van der Waals surface area contributed by atoms with Crippen molar-refractivity contribution in [3.05, 3.63) is 51.6 Å². The molecule has 0 radical (unpaired) electrons. The monoisotopic (exact) mass is 436 g/mol. The standard InChI is InChI=1S/C24H24N2O6/c1-32-16-4-2-3-14-17(16)23(30)19-18(21(14)28)22(29)15-11-12(5-6-13(15)20(19)27)24(31)26-9-7-25-8-10-26/h2-4,12,25,27,29H,5-11H2,1H3. The van der Waals surface area contributed by atoms with E-state index in [1.54, 1.807) is 12.1 Å². The third kappa shape index (κ3) is 2.90. The smallest absolute Gasteiger partial charge is 0.226 e. The van der Waals surface area contributed by atoms with Gasteiger partial charge in [0, 0.05) is 48.8 Å². The molecule has 2 aromatic carbocycles. The van der Waals surface area contributed by atoms with Gasteiger partial charge in [0.05, 0.1) is 23.8 Å². The molecule has 1 heterocycles. The van der Waals surface area contributed by atoms with Crippen LogP contribution in [0.4, 0.5) is 0 Å². The zero-order valence-electron chi connectivity index (χ0n) is 17.7. The molecule has 1 aliphatic heterocycles. The molecule has 8 nitrogen and oxygen atoms in total. The van der Waals surface area contributed by atoms with Crippen molar-refractivity contribution in [1.29, 1.82) is 0 Å². The van der Waals surface area contributed by atoms with Crippen molar-refractivity contribution >= 4 is 17.5 Å². The number of phenolic OH excluding ortho intramolecular Hbond substituents is 2.